The number of aromatic nitrogens is 2. The number of fused-ring (bicyclic) bond motifs is 3. The van der Waals surface area contributed by atoms with E-state index in [1.165, 1.54) is 11.8 Å². The molecule has 0 saturated heterocycles. The molecule has 3 aromatic rings. The monoisotopic (exact) mass is 552 g/mol. The van der Waals surface area contributed by atoms with Crippen LogP contribution < -0.4 is 20.7 Å². The van der Waals surface area contributed by atoms with Crippen LogP contribution in [0, 0.1) is 26.2 Å². The molecule has 0 aliphatic carbocycles. The summed E-state index contributed by atoms with van der Waals surface area (Å²) in [5.41, 5.74) is 7.30. The van der Waals surface area contributed by atoms with Crippen molar-refractivity contribution >= 4 is 11.9 Å². The molecule has 0 spiro atoms. The van der Waals surface area contributed by atoms with Crippen molar-refractivity contribution in [3.63, 3.8) is 0 Å². The van der Waals surface area contributed by atoms with Gasteiger partial charge in [-0.25, -0.2) is 9.79 Å². The van der Waals surface area contributed by atoms with Gasteiger partial charge >= 0.3 is 5.69 Å². The molecule has 0 unspecified atom stereocenters. The van der Waals surface area contributed by atoms with E-state index in [9.17, 15) is 4.79 Å². The molecule has 40 heavy (non-hydrogen) atoms. The second-order valence-corrected chi connectivity index (χ2v) is 8.11. The molecule has 7 heteroatoms. The molecule has 1 aromatic heterocycles. The van der Waals surface area contributed by atoms with E-state index in [2.05, 4.69) is 19.1 Å². The molecule has 0 radical (unpaired) electrons. The highest BCUT2D eigenvalue weighted by atomic mass is 16.5. The number of ether oxygens (including phenoxy) is 2. The SMILES string of the molecule is CC.CC.CC.CC.COc1cc2c(cc1OC)-c1cc(=Nc3c(C)cc(C)cc3C)n(CC=N)c(=O)n1CC2. The zero-order valence-electron chi connectivity index (χ0n) is 27.2. The fourth-order valence-electron chi connectivity index (χ4n) is 4.48. The first-order valence-corrected chi connectivity index (χ1v) is 14.6. The van der Waals surface area contributed by atoms with Crippen molar-refractivity contribution in [3.8, 4) is 22.8 Å². The van der Waals surface area contributed by atoms with Crippen molar-refractivity contribution < 1.29 is 9.47 Å². The molecule has 2 heterocycles. The summed E-state index contributed by atoms with van der Waals surface area (Å²) in [6.07, 6.45) is 1.94. The lowest BCUT2D eigenvalue weighted by Gasteiger charge is -2.24. The van der Waals surface area contributed by atoms with Crippen molar-refractivity contribution in [2.45, 2.75) is 95.7 Å². The van der Waals surface area contributed by atoms with Gasteiger partial charge in [-0.05, 0) is 56.0 Å². The smallest absolute Gasteiger partial charge is 0.330 e. The van der Waals surface area contributed by atoms with Crippen LogP contribution in [0.3, 0.4) is 0 Å². The van der Waals surface area contributed by atoms with E-state index < -0.39 is 0 Å². The minimum Gasteiger partial charge on any atom is -0.493 e. The van der Waals surface area contributed by atoms with Crippen molar-refractivity contribution in [1.29, 1.82) is 5.41 Å². The van der Waals surface area contributed by atoms with Crippen molar-refractivity contribution in [2.75, 3.05) is 14.2 Å². The molecule has 0 atom stereocenters. The normalized spacial score (nSPS) is 10.9. The van der Waals surface area contributed by atoms with Gasteiger partial charge in [0.05, 0.1) is 32.1 Å². The van der Waals surface area contributed by atoms with Gasteiger partial charge in [0, 0.05) is 24.4 Å². The van der Waals surface area contributed by atoms with Crippen molar-refractivity contribution in [1.82, 2.24) is 9.13 Å². The summed E-state index contributed by atoms with van der Waals surface area (Å²) in [5, 5.41) is 7.61. The van der Waals surface area contributed by atoms with Crippen LogP contribution in [0.15, 0.2) is 40.1 Å². The van der Waals surface area contributed by atoms with Crippen LogP contribution in [-0.4, -0.2) is 29.6 Å². The lowest BCUT2D eigenvalue weighted by atomic mass is 9.97. The Kier molecular flexibility index (Phi) is 17.0. The molecule has 0 saturated carbocycles. The van der Waals surface area contributed by atoms with Crippen LogP contribution in [0.2, 0.25) is 0 Å². The Labute approximate surface area is 242 Å². The molecule has 7 nitrogen and oxygen atoms in total. The molecule has 1 N–H and O–H groups in total. The van der Waals surface area contributed by atoms with E-state index in [4.69, 9.17) is 19.9 Å². The fourth-order valence-corrected chi connectivity index (χ4v) is 4.48. The Hall–Kier alpha value is -3.61. The summed E-state index contributed by atoms with van der Waals surface area (Å²) in [4.78, 5) is 18.3. The summed E-state index contributed by atoms with van der Waals surface area (Å²) < 4.78 is 14.3. The predicted molar refractivity (Wildman–Crippen MR) is 171 cm³/mol. The number of benzene rings is 2. The molecule has 1 aliphatic rings. The predicted octanol–water partition coefficient (Wildman–Crippen LogP) is 7.80. The van der Waals surface area contributed by atoms with Crippen LogP contribution in [0.25, 0.3) is 11.3 Å². The Morgan fingerprint density at radius 2 is 1.38 bits per heavy atom. The molecule has 0 fully saturated rings. The third-order valence-corrected chi connectivity index (χ3v) is 5.92. The maximum atomic E-state index is 13.4. The van der Waals surface area contributed by atoms with E-state index in [0.29, 0.717) is 30.0 Å². The Bertz CT molecular complexity index is 1330. The van der Waals surface area contributed by atoms with Gasteiger partial charge < -0.3 is 14.9 Å². The van der Waals surface area contributed by atoms with Crippen LogP contribution in [0.4, 0.5) is 5.69 Å². The molecule has 2 aromatic carbocycles. The van der Waals surface area contributed by atoms with Crippen molar-refractivity contribution in [3.05, 3.63) is 68.6 Å². The molecule has 4 rings (SSSR count). The van der Waals surface area contributed by atoms with E-state index in [1.54, 1.807) is 23.4 Å². The minimum atomic E-state index is -0.174. The van der Waals surface area contributed by atoms with Gasteiger partial charge in [-0.1, -0.05) is 73.1 Å². The van der Waals surface area contributed by atoms with E-state index >= 15 is 0 Å². The van der Waals surface area contributed by atoms with Gasteiger partial charge in [0.25, 0.3) is 0 Å². The van der Waals surface area contributed by atoms with Crippen LogP contribution in [0.5, 0.6) is 11.5 Å². The first-order chi connectivity index (χ1) is 19.4. The van der Waals surface area contributed by atoms with Gasteiger partial charge in [-0.2, -0.15) is 0 Å². The van der Waals surface area contributed by atoms with E-state index in [1.807, 2.05) is 87.4 Å². The number of hydrogen-bond acceptors (Lipinski definition) is 5. The quantitative estimate of drug-likeness (QED) is 0.328. The summed E-state index contributed by atoms with van der Waals surface area (Å²) in [6.45, 7) is 22.8. The number of nitrogens with zero attached hydrogens (tertiary/aromatic N) is 3. The van der Waals surface area contributed by atoms with E-state index in [0.717, 1.165) is 33.6 Å². The first kappa shape index (κ1) is 36.4. The van der Waals surface area contributed by atoms with Gasteiger partial charge in [-0.15, -0.1) is 0 Å². The Morgan fingerprint density at radius 1 is 0.850 bits per heavy atom. The van der Waals surface area contributed by atoms with Gasteiger partial charge in [0.1, 0.15) is 5.49 Å². The number of aryl methyl sites for hydroxylation is 4. The third-order valence-electron chi connectivity index (χ3n) is 5.92. The molecule has 1 aliphatic heterocycles. The van der Waals surface area contributed by atoms with Crippen LogP contribution in [0.1, 0.15) is 77.6 Å². The second kappa shape index (κ2) is 18.6. The highest BCUT2D eigenvalue weighted by Crippen LogP contribution is 2.37. The number of hydrogen-bond donors (Lipinski definition) is 1. The Balaban J connectivity index is 0.00000175. The molecular weight excluding hydrogens is 500 g/mol. The average molecular weight is 553 g/mol. The average Bonchev–Trinajstić information content (AvgIpc) is 2.99. The maximum absolute atomic E-state index is 13.4. The number of nitrogens with one attached hydrogen (secondary N) is 1. The summed E-state index contributed by atoms with van der Waals surface area (Å²) >= 11 is 0. The fraction of sp³-hybridized carbons (Fsp3) is 0.485. The number of rotatable bonds is 5. The lowest BCUT2D eigenvalue weighted by Crippen LogP contribution is -2.42. The van der Waals surface area contributed by atoms with Crippen LogP contribution in [-0.2, 0) is 19.5 Å². The molecule has 0 bridgehead atoms. The highest BCUT2D eigenvalue weighted by molar-refractivity contribution is 5.70. The zero-order valence-corrected chi connectivity index (χ0v) is 27.2. The van der Waals surface area contributed by atoms with Gasteiger partial charge in [0.15, 0.2) is 11.5 Å². The largest absolute Gasteiger partial charge is 0.493 e. The second-order valence-electron chi connectivity index (χ2n) is 8.11. The van der Waals surface area contributed by atoms with Crippen molar-refractivity contribution in [2.24, 2.45) is 4.99 Å². The number of methoxy groups -OCH3 is 2. The maximum Gasteiger partial charge on any atom is 0.330 e. The van der Waals surface area contributed by atoms with Gasteiger partial charge in [-0.3, -0.25) is 9.13 Å². The minimum absolute atomic E-state index is 0.167. The van der Waals surface area contributed by atoms with Gasteiger partial charge in [0.2, 0.25) is 0 Å². The molecular formula is C33H52N4O3. The lowest BCUT2D eigenvalue weighted by molar-refractivity contribution is 0.354. The zero-order chi connectivity index (χ0) is 31.0. The summed E-state index contributed by atoms with van der Waals surface area (Å²) in [6, 6.07) is 10.0. The topological polar surface area (TPSA) is 81.6 Å². The summed E-state index contributed by atoms with van der Waals surface area (Å²) in [5.74, 6) is 1.29. The third kappa shape index (κ3) is 8.20. The van der Waals surface area contributed by atoms with E-state index in [-0.39, 0.29) is 12.2 Å². The molecule has 222 valence electrons. The molecule has 0 amide bonds. The standard InChI is InChI=1S/C25H28N4O3.4C2H6/c1-15-10-16(2)24(17(3)11-15)27-23-14-20-19-13-22(32-5)21(31-4)12-18(19)6-8-28(20)25(30)29(23)9-7-26;4*1-2/h7,10-14,26H,6,8-9H2,1-5H3;4*1-2H3. The first-order valence-electron chi connectivity index (χ1n) is 14.6. The highest BCUT2D eigenvalue weighted by Gasteiger charge is 2.22. The van der Waals surface area contributed by atoms with Crippen LogP contribution >= 0.6 is 0 Å². The summed E-state index contributed by atoms with van der Waals surface area (Å²) in [7, 11) is 3.22. The Morgan fingerprint density at radius 3 is 1.88 bits per heavy atom.